The number of hydrogen-bond donors (Lipinski definition) is 1. The van der Waals surface area contributed by atoms with Crippen molar-refractivity contribution in [3.63, 3.8) is 0 Å². The lowest BCUT2D eigenvalue weighted by Gasteiger charge is -2.57. The van der Waals surface area contributed by atoms with Crippen LogP contribution in [-0.2, 0) is 14.9 Å². The Labute approximate surface area is 230 Å². The van der Waals surface area contributed by atoms with Crippen LogP contribution in [-0.4, -0.2) is 60.0 Å². The van der Waals surface area contributed by atoms with E-state index in [0.29, 0.717) is 38.6 Å². The van der Waals surface area contributed by atoms with Gasteiger partial charge in [0.05, 0.1) is 13.2 Å². The zero-order valence-electron chi connectivity index (χ0n) is 22.7. The summed E-state index contributed by atoms with van der Waals surface area (Å²) in [6.45, 7) is 5.12. The molecule has 7 rings (SSSR count). The average molecular weight is 531 g/mol. The Kier molecular flexibility index (Phi) is 7.21. The molecule has 5 aliphatic rings. The fraction of sp³-hybridized carbons (Fsp3) is 0.500. The molecule has 5 fully saturated rings. The van der Waals surface area contributed by atoms with Crippen LogP contribution >= 0.6 is 0 Å². The third-order valence-electron chi connectivity index (χ3n) is 9.29. The van der Waals surface area contributed by atoms with Crippen molar-refractivity contribution >= 4 is 18.1 Å². The summed E-state index contributed by atoms with van der Waals surface area (Å²) in [5.74, 6) is 2.04. The summed E-state index contributed by atoms with van der Waals surface area (Å²) >= 11 is 0. The van der Waals surface area contributed by atoms with Crippen molar-refractivity contribution in [3.05, 3.63) is 59.7 Å². The number of hydrogen-bond acceptors (Lipinski definition) is 5. The molecule has 0 atom stereocenters. The number of carboxylic acid groups (broad SMARTS) is 1. The van der Waals surface area contributed by atoms with E-state index in [1.165, 1.54) is 44.1 Å². The highest BCUT2D eigenvalue weighted by molar-refractivity contribution is 5.85. The van der Waals surface area contributed by atoms with Crippen molar-refractivity contribution in [1.29, 1.82) is 0 Å². The Balaban J connectivity index is 1.33. The van der Waals surface area contributed by atoms with Gasteiger partial charge in [-0.3, -0.25) is 0 Å². The van der Waals surface area contributed by atoms with Gasteiger partial charge >= 0.3 is 12.1 Å². The summed E-state index contributed by atoms with van der Waals surface area (Å²) in [6.07, 6.45) is 9.99. The van der Waals surface area contributed by atoms with E-state index in [4.69, 9.17) is 14.6 Å². The van der Waals surface area contributed by atoms with Gasteiger partial charge in [-0.25, -0.2) is 19.6 Å². The molecule has 0 aromatic heterocycles. The first kappa shape index (κ1) is 26.1. The number of carboxylic acids is 1. The van der Waals surface area contributed by atoms with Crippen LogP contribution in [0.3, 0.4) is 0 Å². The lowest BCUT2D eigenvalue weighted by molar-refractivity contribution is -0.131. The van der Waals surface area contributed by atoms with Crippen LogP contribution in [0, 0.1) is 17.8 Å². The van der Waals surface area contributed by atoms with Gasteiger partial charge in [0.2, 0.25) is 0 Å². The van der Waals surface area contributed by atoms with E-state index in [9.17, 15) is 9.59 Å². The van der Waals surface area contributed by atoms with Gasteiger partial charge in [0.25, 0.3) is 0 Å². The number of carbonyl (C=O) groups excluding carboxylic acids is 1. The van der Waals surface area contributed by atoms with Gasteiger partial charge in [0.1, 0.15) is 5.75 Å². The fourth-order valence-corrected chi connectivity index (χ4v) is 7.99. The Morgan fingerprint density at radius 1 is 1.00 bits per heavy atom. The van der Waals surface area contributed by atoms with Crippen LogP contribution in [0.5, 0.6) is 5.75 Å². The van der Waals surface area contributed by atoms with E-state index in [0.717, 1.165) is 40.5 Å². The van der Waals surface area contributed by atoms with E-state index < -0.39 is 5.97 Å². The van der Waals surface area contributed by atoms with E-state index >= 15 is 0 Å². The van der Waals surface area contributed by atoms with Crippen molar-refractivity contribution in [3.8, 4) is 16.9 Å². The molecule has 1 N–H and O–H groups in total. The molecule has 2 aromatic carbocycles. The summed E-state index contributed by atoms with van der Waals surface area (Å²) in [7, 11) is 0. The number of nitrogens with zero attached hydrogens (tertiary/aromatic N) is 2. The Morgan fingerprint density at radius 2 is 1.62 bits per heavy atom. The normalized spacial score (nSPS) is 28.1. The topological polar surface area (TPSA) is 79.3 Å². The van der Waals surface area contributed by atoms with Crippen molar-refractivity contribution in [2.45, 2.75) is 50.9 Å². The predicted molar refractivity (Wildman–Crippen MR) is 149 cm³/mol. The summed E-state index contributed by atoms with van der Waals surface area (Å²) < 4.78 is 11.7. The third-order valence-corrected chi connectivity index (χ3v) is 9.29. The SMILES string of the molecule is CCN(C(=O)Oc1ccc(-c2ccc(C=CC(=O)O)cc2)cc1C12CC3CC(CC(C3)C1)C2)N1CCOCC1. The van der Waals surface area contributed by atoms with E-state index in [1.807, 2.05) is 48.3 Å². The number of ether oxygens (including phenoxy) is 2. The highest BCUT2D eigenvalue weighted by Crippen LogP contribution is 2.62. The molecule has 0 unspecified atom stereocenters. The zero-order chi connectivity index (χ0) is 27.0. The minimum absolute atomic E-state index is 0.0561. The van der Waals surface area contributed by atoms with Gasteiger partial charge in [-0.05, 0) is 104 Å². The molecule has 4 bridgehead atoms. The smallest absolute Gasteiger partial charge is 0.429 e. The zero-order valence-corrected chi connectivity index (χ0v) is 22.7. The standard InChI is InChI=1S/C32H38N2O5/c1-2-34(33-11-13-38-14-12-33)31(37)39-29-9-8-27(26-6-3-22(4-7-26)5-10-30(35)36)18-28(29)32-19-23-15-24(20-32)17-25(16-23)21-32/h3-10,18,23-25H,2,11-17,19-21H2,1H3,(H,35,36). The minimum Gasteiger partial charge on any atom is -0.478 e. The predicted octanol–water partition coefficient (Wildman–Crippen LogP) is 5.99. The Bertz CT molecular complexity index is 1210. The molecule has 0 spiro atoms. The summed E-state index contributed by atoms with van der Waals surface area (Å²) in [6, 6.07) is 14.2. The first-order valence-corrected chi connectivity index (χ1v) is 14.4. The maximum atomic E-state index is 13.5. The molecular formula is C32H38N2O5. The van der Waals surface area contributed by atoms with Crippen molar-refractivity contribution in [2.24, 2.45) is 17.8 Å². The molecule has 0 radical (unpaired) electrons. The molecule has 206 valence electrons. The third kappa shape index (κ3) is 5.35. The largest absolute Gasteiger partial charge is 0.478 e. The van der Waals surface area contributed by atoms with Gasteiger partial charge in [-0.1, -0.05) is 30.3 Å². The maximum Gasteiger partial charge on any atom is 0.429 e. The van der Waals surface area contributed by atoms with Crippen LogP contribution < -0.4 is 4.74 Å². The van der Waals surface area contributed by atoms with Crippen LogP contribution in [0.4, 0.5) is 4.79 Å². The molecule has 1 heterocycles. The van der Waals surface area contributed by atoms with Crippen molar-refractivity contribution in [2.75, 3.05) is 32.8 Å². The van der Waals surface area contributed by atoms with E-state index in [2.05, 4.69) is 6.07 Å². The molecule has 1 saturated heterocycles. The van der Waals surface area contributed by atoms with Crippen LogP contribution in [0.1, 0.15) is 56.6 Å². The molecular weight excluding hydrogens is 492 g/mol. The molecule has 1 aliphatic heterocycles. The molecule has 2 aromatic rings. The number of aliphatic carboxylic acids is 1. The van der Waals surface area contributed by atoms with Crippen molar-refractivity contribution < 1.29 is 24.2 Å². The second-order valence-electron chi connectivity index (χ2n) is 11.9. The van der Waals surface area contributed by atoms with E-state index in [1.54, 1.807) is 11.1 Å². The first-order valence-electron chi connectivity index (χ1n) is 14.4. The first-order chi connectivity index (χ1) is 18.9. The second-order valence-corrected chi connectivity index (χ2v) is 11.9. The molecule has 1 amide bonds. The van der Waals surface area contributed by atoms with Gasteiger partial charge < -0.3 is 14.6 Å². The average Bonchev–Trinajstić information content (AvgIpc) is 2.93. The molecule has 39 heavy (non-hydrogen) atoms. The quantitative estimate of drug-likeness (QED) is 0.443. The second kappa shape index (κ2) is 10.8. The summed E-state index contributed by atoms with van der Waals surface area (Å²) in [4.78, 5) is 24.4. The maximum absolute atomic E-state index is 13.5. The number of hydrazine groups is 1. The number of morpholine rings is 1. The number of rotatable bonds is 7. The highest BCUT2D eigenvalue weighted by atomic mass is 16.6. The van der Waals surface area contributed by atoms with Gasteiger partial charge in [-0.15, -0.1) is 0 Å². The van der Waals surface area contributed by atoms with Gasteiger partial charge in [0.15, 0.2) is 0 Å². The number of carbonyl (C=O) groups is 2. The molecule has 4 aliphatic carbocycles. The monoisotopic (exact) mass is 530 g/mol. The molecule has 4 saturated carbocycles. The van der Waals surface area contributed by atoms with Crippen molar-refractivity contribution in [1.82, 2.24) is 10.0 Å². The van der Waals surface area contributed by atoms with Gasteiger partial charge in [0, 0.05) is 31.3 Å². The highest BCUT2D eigenvalue weighted by Gasteiger charge is 2.52. The summed E-state index contributed by atoms with van der Waals surface area (Å²) in [5.41, 5.74) is 4.24. The Hall–Kier alpha value is -3.16. The molecule has 7 nitrogen and oxygen atoms in total. The Morgan fingerprint density at radius 3 is 2.21 bits per heavy atom. The van der Waals surface area contributed by atoms with Gasteiger partial charge in [-0.2, -0.15) is 0 Å². The minimum atomic E-state index is -0.959. The lowest BCUT2D eigenvalue weighted by Crippen LogP contribution is -2.52. The van der Waals surface area contributed by atoms with Crippen LogP contribution in [0.15, 0.2) is 48.5 Å². The number of benzene rings is 2. The van der Waals surface area contributed by atoms with E-state index in [-0.39, 0.29) is 11.5 Å². The van der Waals surface area contributed by atoms with Crippen LogP contribution in [0.2, 0.25) is 0 Å². The van der Waals surface area contributed by atoms with Crippen LogP contribution in [0.25, 0.3) is 17.2 Å². The lowest BCUT2D eigenvalue weighted by atomic mass is 9.48. The fourth-order valence-electron chi connectivity index (χ4n) is 7.99. The summed E-state index contributed by atoms with van der Waals surface area (Å²) in [5, 5.41) is 12.7. The molecule has 7 heteroatoms. The number of amides is 1.